The van der Waals surface area contributed by atoms with E-state index in [-0.39, 0.29) is 18.4 Å². The van der Waals surface area contributed by atoms with Gasteiger partial charge in [0.2, 0.25) is 5.13 Å². The van der Waals surface area contributed by atoms with Gasteiger partial charge in [-0.2, -0.15) is 0 Å². The van der Waals surface area contributed by atoms with E-state index in [1.165, 1.54) is 16.2 Å². The van der Waals surface area contributed by atoms with E-state index in [0.717, 1.165) is 16.0 Å². The van der Waals surface area contributed by atoms with Crippen LogP contribution in [-0.2, 0) is 6.42 Å². The minimum Gasteiger partial charge on any atom is -0.313 e. The second-order valence-electron chi connectivity index (χ2n) is 6.43. The molecule has 1 aliphatic heterocycles. The van der Waals surface area contributed by atoms with Crippen LogP contribution < -0.4 is 5.32 Å². The molecular weight excluding hydrogens is 388 g/mol. The van der Waals surface area contributed by atoms with Gasteiger partial charge in [0.25, 0.3) is 11.8 Å². The van der Waals surface area contributed by atoms with Gasteiger partial charge < -0.3 is 5.32 Å². The first-order valence-electron chi connectivity index (χ1n) is 8.95. The van der Waals surface area contributed by atoms with Crippen LogP contribution in [0.3, 0.4) is 0 Å². The number of carbonyl (C=O) groups excluding carboxylic acids is 2. The molecule has 0 bridgehead atoms. The van der Waals surface area contributed by atoms with Crippen LogP contribution in [0.1, 0.15) is 25.7 Å². The van der Waals surface area contributed by atoms with Crippen molar-refractivity contribution in [1.29, 1.82) is 0 Å². The van der Waals surface area contributed by atoms with Crippen LogP contribution in [0.15, 0.2) is 54.7 Å². The molecule has 0 saturated heterocycles. The first kappa shape index (κ1) is 17.4. The summed E-state index contributed by atoms with van der Waals surface area (Å²) in [6.07, 6.45) is 2.08. The largest absolute Gasteiger partial charge is 0.313 e. The molecule has 5 rings (SSSR count). The van der Waals surface area contributed by atoms with Gasteiger partial charge in [0.05, 0.1) is 28.4 Å². The van der Waals surface area contributed by atoms with Crippen LogP contribution in [0.2, 0.25) is 0 Å². The van der Waals surface area contributed by atoms with Crippen LogP contribution in [0.25, 0.3) is 11.0 Å². The van der Waals surface area contributed by atoms with Crippen molar-refractivity contribution in [2.45, 2.75) is 6.42 Å². The summed E-state index contributed by atoms with van der Waals surface area (Å²) >= 11 is 1.35. The summed E-state index contributed by atoms with van der Waals surface area (Å²) in [5.41, 5.74) is 2.50. The van der Waals surface area contributed by atoms with E-state index in [1.54, 1.807) is 30.5 Å². The van der Waals surface area contributed by atoms with Crippen molar-refractivity contribution in [2.24, 2.45) is 0 Å². The zero-order valence-electron chi connectivity index (χ0n) is 15.1. The van der Waals surface area contributed by atoms with Crippen LogP contribution in [0.4, 0.5) is 10.9 Å². The predicted octanol–water partition coefficient (Wildman–Crippen LogP) is 3.06. The highest BCUT2D eigenvalue weighted by atomic mass is 32.1. The monoisotopic (exact) mass is 402 g/mol. The van der Waals surface area contributed by atoms with Crippen LogP contribution in [0, 0.1) is 0 Å². The Kier molecular flexibility index (Phi) is 4.21. The van der Waals surface area contributed by atoms with Crippen LogP contribution in [-0.4, -0.2) is 43.4 Å². The summed E-state index contributed by atoms with van der Waals surface area (Å²) in [4.78, 5) is 35.0. The van der Waals surface area contributed by atoms with Crippen molar-refractivity contribution >= 4 is 45.1 Å². The predicted molar refractivity (Wildman–Crippen MR) is 108 cm³/mol. The number of nitrogens with zero attached hydrogens (tertiary/aromatic N) is 5. The molecule has 1 N–H and O–H groups in total. The molecule has 142 valence electrons. The van der Waals surface area contributed by atoms with Gasteiger partial charge in [-0.3, -0.25) is 19.5 Å². The van der Waals surface area contributed by atoms with E-state index >= 15 is 0 Å². The molecule has 2 aromatic carbocycles. The Labute approximate surface area is 169 Å². The van der Waals surface area contributed by atoms with Crippen molar-refractivity contribution < 1.29 is 9.59 Å². The summed E-state index contributed by atoms with van der Waals surface area (Å²) in [5.74, 6) is 0.0477. The number of benzene rings is 2. The molecule has 29 heavy (non-hydrogen) atoms. The maximum Gasteiger partial charge on any atom is 0.261 e. The summed E-state index contributed by atoms with van der Waals surface area (Å²) in [5, 5.41) is 12.7. The summed E-state index contributed by atoms with van der Waals surface area (Å²) in [6.45, 7) is 0.261. The molecule has 0 radical (unpaired) electrons. The number of anilines is 2. The fourth-order valence-electron chi connectivity index (χ4n) is 3.18. The highest BCUT2D eigenvalue weighted by Gasteiger charge is 2.34. The number of amides is 2. The average Bonchev–Trinajstić information content (AvgIpc) is 3.29. The molecule has 8 nitrogen and oxygen atoms in total. The molecule has 1 aliphatic rings. The number of aromatic nitrogens is 4. The molecule has 9 heteroatoms. The molecule has 0 fully saturated rings. The Bertz CT molecular complexity index is 1220. The van der Waals surface area contributed by atoms with Gasteiger partial charge in [-0.1, -0.05) is 35.6 Å². The van der Waals surface area contributed by atoms with Crippen LogP contribution >= 0.6 is 11.3 Å². The number of carbonyl (C=O) groups is 2. The van der Waals surface area contributed by atoms with Gasteiger partial charge >= 0.3 is 0 Å². The SMILES string of the molecule is O=C1c2ccccc2C(=O)N1CCc1nnc(Nc2cnc3ccccc3n2)s1. The topological polar surface area (TPSA) is 101 Å². The van der Waals surface area contributed by atoms with Gasteiger partial charge in [-0.25, -0.2) is 4.98 Å². The Morgan fingerprint density at radius 1 is 0.897 bits per heavy atom. The zero-order chi connectivity index (χ0) is 19.8. The van der Waals surface area contributed by atoms with Crippen molar-refractivity contribution in [2.75, 3.05) is 11.9 Å². The normalized spacial score (nSPS) is 13.2. The van der Waals surface area contributed by atoms with Gasteiger partial charge in [0, 0.05) is 13.0 Å². The molecule has 2 aromatic heterocycles. The smallest absolute Gasteiger partial charge is 0.261 e. The van der Waals surface area contributed by atoms with E-state index in [0.29, 0.717) is 28.5 Å². The number of hydrogen-bond acceptors (Lipinski definition) is 8. The number of hydrogen-bond donors (Lipinski definition) is 1. The van der Waals surface area contributed by atoms with E-state index in [1.807, 2.05) is 24.3 Å². The molecule has 2 amide bonds. The van der Waals surface area contributed by atoms with Crippen molar-refractivity contribution in [1.82, 2.24) is 25.1 Å². The standard InChI is InChI=1S/C20H14N6O2S/c27-18-12-5-1-2-6-13(12)19(28)26(18)10-9-17-24-25-20(29-17)23-16-11-21-14-7-3-4-8-15(14)22-16/h1-8,11H,9-10H2,(H,22,23,25). The van der Waals surface area contributed by atoms with E-state index in [4.69, 9.17) is 0 Å². The Hall–Kier alpha value is -3.72. The third kappa shape index (κ3) is 3.21. The Balaban J connectivity index is 1.26. The maximum atomic E-state index is 12.4. The highest BCUT2D eigenvalue weighted by Crippen LogP contribution is 2.24. The third-order valence-electron chi connectivity index (χ3n) is 4.58. The number of imide groups is 1. The van der Waals surface area contributed by atoms with Gasteiger partial charge in [0.15, 0.2) is 5.82 Å². The van der Waals surface area contributed by atoms with Crippen molar-refractivity contribution in [3.63, 3.8) is 0 Å². The first-order valence-corrected chi connectivity index (χ1v) is 9.77. The Morgan fingerprint density at radius 2 is 1.59 bits per heavy atom. The highest BCUT2D eigenvalue weighted by molar-refractivity contribution is 7.15. The molecule has 4 aromatic rings. The average molecular weight is 402 g/mol. The molecular formula is C20H14N6O2S. The Morgan fingerprint density at radius 3 is 2.34 bits per heavy atom. The second kappa shape index (κ2) is 7.02. The molecule has 0 atom stereocenters. The number of rotatable bonds is 5. The lowest BCUT2D eigenvalue weighted by molar-refractivity contribution is 0.0656. The zero-order valence-corrected chi connectivity index (χ0v) is 15.9. The molecule has 3 heterocycles. The lowest BCUT2D eigenvalue weighted by atomic mass is 10.1. The summed E-state index contributed by atoms with van der Waals surface area (Å²) < 4.78 is 0. The van der Waals surface area contributed by atoms with Gasteiger partial charge in [-0.15, -0.1) is 10.2 Å². The number of fused-ring (bicyclic) bond motifs is 2. The fraction of sp³-hybridized carbons (Fsp3) is 0.100. The van der Waals surface area contributed by atoms with E-state index in [2.05, 4.69) is 25.5 Å². The summed E-state index contributed by atoms with van der Waals surface area (Å²) in [7, 11) is 0. The molecule has 0 aliphatic carbocycles. The minimum atomic E-state index is -0.264. The third-order valence-corrected chi connectivity index (χ3v) is 5.48. The lowest BCUT2D eigenvalue weighted by Gasteiger charge is -2.12. The minimum absolute atomic E-state index is 0.261. The lowest BCUT2D eigenvalue weighted by Crippen LogP contribution is -2.31. The van der Waals surface area contributed by atoms with Gasteiger partial charge in [-0.05, 0) is 24.3 Å². The first-order chi connectivity index (χ1) is 14.2. The van der Waals surface area contributed by atoms with E-state index in [9.17, 15) is 9.59 Å². The van der Waals surface area contributed by atoms with Crippen molar-refractivity contribution in [3.8, 4) is 0 Å². The number of para-hydroxylation sites is 2. The molecule has 0 saturated carbocycles. The number of nitrogens with one attached hydrogen (secondary N) is 1. The molecule has 0 spiro atoms. The van der Waals surface area contributed by atoms with E-state index < -0.39 is 0 Å². The summed E-state index contributed by atoms with van der Waals surface area (Å²) in [6, 6.07) is 14.5. The molecule has 0 unspecified atom stereocenters. The maximum absolute atomic E-state index is 12.4. The van der Waals surface area contributed by atoms with Crippen LogP contribution in [0.5, 0.6) is 0 Å². The fourth-order valence-corrected chi connectivity index (χ4v) is 3.92. The van der Waals surface area contributed by atoms with Gasteiger partial charge in [0.1, 0.15) is 5.01 Å². The van der Waals surface area contributed by atoms with Crippen molar-refractivity contribution in [3.05, 3.63) is 70.9 Å². The quantitative estimate of drug-likeness (QED) is 0.512. The second-order valence-corrected chi connectivity index (χ2v) is 7.49.